The van der Waals surface area contributed by atoms with Crippen molar-refractivity contribution in [1.82, 2.24) is 14.9 Å². The van der Waals surface area contributed by atoms with Crippen LogP contribution >= 0.6 is 0 Å². The maximum atomic E-state index is 12.5. The second kappa shape index (κ2) is 11.1. The van der Waals surface area contributed by atoms with E-state index in [1.807, 2.05) is 26.8 Å². The summed E-state index contributed by atoms with van der Waals surface area (Å²) >= 11 is 0. The summed E-state index contributed by atoms with van der Waals surface area (Å²) in [6.45, 7) is 7.32. The highest BCUT2D eigenvalue weighted by molar-refractivity contribution is 5.89. The van der Waals surface area contributed by atoms with Crippen LogP contribution < -0.4 is 10.1 Å². The van der Waals surface area contributed by atoms with Gasteiger partial charge in [-0.3, -0.25) is 0 Å². The minimum absolute atomic E-state index is 0.126. The summed E-state index contributed by atoms with van der Waals surface area (Å²) in [6, 6.07) is 10.7. The van der Waals surface area contributed by atoms with Crippen molar-refractivity contribution in [2.24, 2.45) is 0 Å². The van der Waals surface area contributed by atoms with Gasteiger partial charge in [-0.15, -0.1) is 0 Å². The molecule has 204 valence electrons. The summed E-state index contributed by atoms with van der Waals surface area (Å²) in [4.78, 5) is 35.3. The Morgan fingerprint density at radius 1 is 1.00 bits per heavy atom. The Hall–Kier alpha value is -3.44. The Balaban J connectivity index is 1.11. The van der Waals surface area contributed by atoms with E-state index in [1.165, 1.54) is 0 Å². The van der Waals surface area contributed by atoms with Crippen molar-refractivity contribution in [1.29, 1.82) is 0 Å². The molecule has 1 amide bonds. The van der Waals surface area contributed by atoms with Crippen LogP contribution in [-0.4, -0.2) is 89.3 Å². The zero-order chi connectivity index (χ0) is 26.7. The number of carbonyl (C=O) groups is 2. The Kier molecular flexibility index (Phi) is 7.66. The average molecular weight is 527 g/mol. The molecule has 4 heterocycles. The van der Waals surface area contributed by atoms with Crippen LogP contribution in [0.1, 0.15) is 44.0 Å². The number of benzene rings is 1. The summed E-state index contributed by atoms with van der Waals surface area (Å²) in [5.74, 6) is 0.447. The summed E-state index contributed by atoms with van der Waals surface area (Å²) in [5.41, 5.74) is -0.0275. The van der Waals surface area contributed by atoms with Crippen LogP contribution in [0.15, 0.2) is 42.6 Å². The van der Waals surface area contributed by atoms with Crippen molar-refractivity contribution in [3.63, 3.8) is 0 Å². The van der Waals surface area contributed by atoms with Crippen LogP contribution in [-0.2, 0) is 18.9 Å². The fourth-order valence-electron chi connectivity index (χ4n) is 4.76. The molecule has 2 aromatic rings. The number of piperidine rings is 1. The number of carbonyl (C=O) groups excluding carboxylic acids is 2. The first-order chi connectivity index (χ1) is 18.2. The van der Waals surface area contributed by atoms with E-state index in [2.05, 4.69) is 15.3 Å². The van der Waals surface area contributed by atoms with Crippen molar-refractivity contribution in [3.8, 4) is 5.88 Å². The summed E-state index contributed by atoms with van der Waals surface area (Å²) in [7, 11) is 0. The van der Waals surface area contributed by atoms with E-state index < -0.39 is 23.8 Å². The van der Waals surface area contributed by atoms with E-state index in [4.69, 9.17) is 23.7 Å². The third kappa shape index (κ3) is 6.33. The monoisotopic (exact) mass is 526 g/mol. The predicted molar refractivity (Wildman–Crippen MR) is 136 cm³/mol. The maximum Gasteiger partial charge on any atom is 0.410 e. The van der Waals surface area contributed by atoms with Gasteiger partial charge in [0.25, 0.3) is 0 Å². The quantitative estimate of drug-likeness (QED) is 0.562. The molecule has 0 spiro atoms. The fraction of sp³-hybridized carbons (Fsp3) is 0.556. The lowest BCUT2D eigenvalue weighted by Gasteiger charge is -2.33. The Morgan fingerprint density at radius 2 is 1.68 bits per heavy atom. The van der Waals surface area contributed by atoms with E-state index in [0.717, 1.165) is 12.8 Å². The minimum atomic E-state index is -0.512. The minimum Gasteiger partial charge on any atom is -0.469 e. The van der Waals surface area contributed by atoms with E-state index in [1.54, 1.807) is 41.4 Å². The van der Waals surface area contributed by atoms with Gasteiger partial charge >= 0.3 is 12.1 Å². The van der Waals surface area contributed by atoms with Gasteiger partial charge in [-0.25, -0.2) is 14.6 Å². The van der Waals surface area contributed by atoms with Gasteiger partial charge in [0.2, 0.25) is 11.8 Å². The summed E-state index contributed by atoms with van der Waals surface area (Å²) in [6.07, 6.45) is 1.19. The third-order valence-electron chi connectivity index (χ3n) is 6.61. The first kappa shape index (κ1) is 26.2. The van der Waals surface area contributed by atoms with Gasteiger partial charge in [0.05, 0.1) is 18.8 Å². The molecule has 0 aliphatic carbocycles. The molecule has 4 atom stereocenters. The molecule has 3 aliphatic rings. The van der Waals surface area contributed by atoms with Gasteiger partial charge in [-0.2, -0.15) is 4.98 Å². The van der Waals surface area contributed by atoms with Crippen LogP contribution in [0.3, 0.4) is 0 Å². The molecule has 38 heavy (non-hydrogen) atoms. The smallest absolute Gasteiger partial charge is 0.410 e. The standard InChI is InChI=1S/C27H34N4O7/c1-27(2,3)38-26(33)31-13-10-18(11-14-31)29-25-28-12-9-21(30-25)36-19-15-34-23-20(16-35-22(19)23)37-24(32)17-7-5-4-6-8-17/h4-9,12,18-20,22-23H,10-11,13-16H2,1-3H3,(H,28,29,30)/t19?,20-,22+,23+/m0/s1. The van der Waals surface area contributed by atoms with Crippen molar-refractivity contribution >= 4 is 18.0 Å². The van der Waals surface area contributed by atoms with E-state index in [9.17, 15) is 9.59 Å². The summed E-state index contributed by atoms with van der Waals surface area (Å²) < 4.78 is 29.0. The first-order valence-electron chi connectivity index (χ1n) is 13.0. The van der Waals surface area contributed by atoms with Gasteiger partial charge in [-0.1, -0.05) is 18.2 Å². The van der Waals surface area contributed by atoms with Crippen LogP contribution in [0.4, 0.5) is 10.7 Å². The lowest BCUT2D eigenvalue weighted by molar-refractivity contribution is -0.0192. The highest BCUT2D eigenvalue weighted by atomic mass is 16.7. The molecule has 0 saturated carbocycles. The topological polar surface area (TPSA) is 121 Å². The largest absolute Gasteiger partial charge is 0.469 e. The van der Waals surface area contributed by atoms with Gasteiger partial charge < -0.3 is 33.9 Å². The van der Waals surface area contributed by atoms with Crippen LogP contribution in [0.2, 0.25) is 0 Å². The fourth-order valence-corrected chi connectivity index (χ4v) is 4.76. The molecular formula is C27H34N4O7. The van der Waals surface area contributed by atoms with Crippen molar-refractivity contribution in [2.45, 2.75) is 69.7 Å². The number of esters is 1. The molecule has 3 aliphatic heterocycles. The number of ether oxygens (including phenoxy) is 5. The molecule has 5 rings (SSSR count). The molecule has 3 fully saturated rings. The number of amides is 1. The van der Waals surface area contributed by atoms with Crippen molar-refractivity contribution in [2.75, 3.05) is 31.6 Å². The lowest BCUT2D eigenvalue weighted by atomic mass is 10.1. The molecule has 1 N–H and O–H groups in total. The Morgan fingerprint density at radius 3 is 2.39 bits per heavy atom. The second-order valence-corrected chi connectivity index (χ2v) is 10.7. The highest BCUT2D eigenvalue weighted by Gasteiger charge is 2.51. The Bertz CT molecular complexity index is 1120. The van der Waals surface area contributed by atoms with Gasteiger partial charge in [0, 0.05) is 31.4 Å². The molecule has 11 heteroatoms. The molecule has 1 unspecified atom stereocenters. The molecule has 0 bridgehead atoms. The van der Waals surface area contributed by atoms with Crippen LogP contribution in [0, 0.1) is 0 Å². The van der Waals surface area contributed by atoms with Gasteiger partial charge in [0.15, 0.2) is 12.2 Å². The molecule has 1 aromatic heterocycles. The number of hydrogen-bond donors (Lipinski definition) is 1. The zero-order valence-electron chi connectivity index (χ0n) is 21.9. The summed E-state index contributed by atoms with van der Waals surface area (Å²) in [5, 5.41) is 3.34. The predicted octanol–water partition coefficient (Wildman–Crippen LogP) is 3.06. The van der Waals surface area contributed by atoms with Gasteiger partial charge in [0.1, 0.15) is 17.8 Å². The normalized spacial score (nSPS) is 25.5. The number of aromatic nitrogens is 2. The van der Waals surface area contributed by atoms with E-state index >= 15 is 0 Å². The van der Waals surface area contributed by atoms with Crippen LogP contribution in [0.5, 0.6) is 5.88 Å². The van der Waals surface area contributed by atoms with Gasteiger partial charge in [-0.05, 0) is 45.7 Å². The number of hydrogen-bond acceptors (Lipinski definition) is 10. The maximum absolute atomic E-state index is 12.5. The molecule has 3 saturated heterocycles. The second-order valence-electron chi connectivity index (χ2n) is 10.7. The molecule has 0 radical (unpaired) electrons. The zero-order valence-corrected chi connectivity index (χ0v) is 21.9. The Labute approximate surface area is 221 Å². The van der Waals surface area contributed by atoms with E-state index in [-0.39, 0.29) is 30.9 Å². The number of nitrogens with one attached hydrogen (secondary N) is 1. The molecule has 1 aromatic carbocycles. The van der Waals surface area contributed by atoms with Crippen molar-refractivity contribution < 1.29 is 33.3 Å². The van der Waals surface area contributed by atoms with E-state index in [0.29, 0.717) is 37.1 Å². The lowest BCUT2D eigenvalue weighted by Crippen LogP contribution is -2.44. The average Bonchev–Trinajstić information content (AvgIpc) is 3.47. The number of fused-ring (bicyclic) bond motifs is 1. The molecule has 11 nitrogen and oxygen atoms in total. The third-order valence-corrected chi connectivity index (χ3v) is 6.61. The van der Waals surface area contributed by atoms with Crippen molar-refractivity contribution in [3.05, 3.63) is 48.2 Å². The molecular weight excluding hydrogens is 492 g/mol. The SMILES string of the molecule is CC(C)(C)OC(=O)N1CCC(Nc2nccc(OC3CO[C@@H]4[C@@H](OC(=O)c5ccccc5)CO[C@H]34)n2)CC1. The highest BCUT2D eigenvalue weighted by Crippen LogP contribution is 2.31. The first-order valence-corrected chi connectivity index (χ1v) is 13.0. The number of anilines is 1. The van der Waals surface area contributed by atoms with Crippen LogP contribution in [0.25, 0.3) is 0 Å². The number of rotatable bonds is 6. The number of nitrogens with zero attached hydrogens (tertiary/aromatic N) is 3. The number of likely N-dealkylation sites (tertiary alicyclic amines) is 1.